The highest BCUT2D eigenvalue weighted by Crippen LogP contribution is 2.30. The average Bonchev–Trinajstić information content (AvgIpc) is 3.25. The molecule has 0 aliphatic heterocycles. The zero-order valence-corrected chi connectivity index (χ0v) is 20.0. The van der Waals surface area contributed by atoms with Gasteiger partial charge in [-0.1, -0.05) is 0 Å². The molecule has 7 nitrogen and oxygen atoms in total. The van der Waals surface area contributed by atoms with Crippen molar-refractivity contribution in [2.24, 2.45) is 5.73 Å². The second-order valence-electron chi connectivity index (χ2n) is 8.39. The van der Waals surface area contributed by atoms with E-state index >= 15 is 0 Å². The first-order valence-electron chi connectivity index (χ1n) is 10.4. The van der Waals surface area contributed by atoms with Crippen molar-refractivity contribution in [3.63, 3.8) is 0 Å². The van der Waals surface area contributed by atoms with Gasteiger partial charge in [0, 0.05) is 23.7 Å². The summed E-state index contributed by atoms with van der Waals surface area (Å²) in [7, 11) is 0. The second kappa shape index (κ2) is 10.0. The Hall–Kier alpha value is -2.09. The summed E-state index contributed by atoms with van der Waals surface area (Å²) in [6.07, 6.45) is 5.46. The molecule has 1 amide bonds. The molecule has 3 aromatic rings. The number of rotatable bonds is 4. The highest BCUT2D eigenvalue weighted by atomic mass is 35.5. The third-order valence-corrected chi connectivity index (χ3v) is 5.72. The summed E-state index contributed by atoms with van der Waals surface area (Å²) in [5.74, 6) is 1.53. The van der Waals surface area contributed by atoms with Gasteiger partial charge in [0.05, 0.1) is 22.8 Å². The lowest BCUT2D eigenvalue weighted by atomic mass is 9.91. The van der Waals surface area contributed by atoms with Crippen LogP contribution in [0.3, 0.4) is 0 Å². The van der Waals surface area contributed by atoms with E-state index in [0.29, 0.717) is 11.2 Å². The van der Waals surface area contributed by atoms with E-state index < -0.39 is 0 Å². The molecule has 4 rings (SSSR count). The number of aromatic nitrogens is 3. The summed E-state index contributed by atoms with van der Waals surface area (Å²) in [6.45, 7) is 7.94. The molecule has 0 spiro atoms. The molecule has 0 bridgehead atoms. The van der Waals surface area contributed by atoms with Crippen LogP contribution in [-0.4, -0.2) is 32.8 Å². The monoisotopic (exact) mass is 467 g/mol. The molecule has 1 saturated carbocycles. The van der Waals surface area contributed by atoms with Crippen molar-refractivity contribution >= 4 is 41.8 Å². The molecule has 170 valence electrons. The van der Waals surface area contributed by atoms with Crippen LogP contribution in [-0.2, 0) is 0 Å². The molecule has 1 aliphatic rings. The van der Waals surface area contributed by atoms with E-state index in [9.17, 15) is 4.79 Å². The third-order valence-electron chi connectivity index (χ3n) is 5.72. The number of carbonyl (C=O) groups is 1. The van der Waals surface area contributed by atoms with E-state index in [2.05, 4.69) is 24.3 Å². The van der Waals surface area contributed by atoms with Gasteiger partial charge in [-0.05, 0) is 65.5 Å². The van der Waals surface area contributed by atoms with Crippen LogP contribution in [0.2, 0.25) is 0 Å². The van der Waals surface area contributed by atoms with Gasteiger partial charge >= 0.3 is 0 Å². The number of hydrogen-bond donors (Lipinski definition) is 2. The van der Waals surface area contributed by atoms with Crippen molar-refractivity contribution in [2.75, 3.05) is 0 Å². The molecule has 3 N–H and O–H groups in total. The summed E-state index contributed by atoms with van der Waals surface area (Å²) in [5, 5.41) is 8.46. The Morgan fingerprint density at radius 3 is 2.45 bits per heavy atom. The van der Waals surface area contributed by atoms with Crippen LogP contribution in [0.1, 0.15) is 67.5 Å². The van der Waals surface area contributed by atoms with Crippen LogP contribution in [0.5, 0.6) is 0 Å². The normalized spacial score (nSPS) is 18.5. The molecule has 0 saturated heterocycles. The smallest absolute Gasteiger partial charge is 0.252 e. The maximum absolute atomic E-state index is 13.2. The number of fused-ring (bicyclic) bond motifs is 1. The van der Waals surface area contributed by atoms with Crippen molar-refractivity contribution < 1.29 is 9.21 Å². The predicted octanol–water partition coefficient (Wildman–Crippen LogP) is 4.73. The van der Waals surface area contributed by atoms with E-state index in [1.165, 1.54) is 0 Å². The minimum Gasteiger partial charge on any atom is -0.466 e. The highest BCUT2D eigenvalue weighted by molar-refractivity contribution is 6.06. The number of halogens is 2. The number of furan rings is 1. The van der Waals surface area contributed by atoms with E-state index in [1.54, 1.807) is 6.20 Å². The quantitative estimate of drug-likeness (QED) is 0.577. The van der Waals surface area contributed by atoms with Crippen LogP contribution < -0.4 is 11.1 Å². The number of aryl methyl sites for hydroxylation is 2. The van der Waals surface area contributed by atoms with Crippen LogP contribution in [0, 0.1) is 13.8 Å². The minimum absolute atomic E-state index is 0. The Kier molecular flexibility index (Phi) is 8.14. The molecule has 1 fully saturated rings. The number of nitrogens with two attached hydrogens (primary N) is 1. The summed E-state index contributed by atoms with van der Waals surface area (Å²) >= 11 is 0. The predicted molar refractivity (Wildman–Crippen MR) is 127 cm³/mol. The molecule has 3 aromatic heterocycles. The van der Waals surface area contributed by atoms with E-state index in [0.717, 1.165) is 53.8 Å². The Labute approximate surface area is 195 Å². The van der Waals surface area contributed by atoms with Gasteiger partial charge in [0.2, 0.25) is 0 Å². The molecule has 3 heterocycles. The van der Waals surface area contributed by atoms with Gasteiger partial charge < -0.3 is 15.5 Å². The molecule has 9 heteroatoms. The first-order valence-corrected chi connectivity index (χ1v) is 10.4. The van der Waals surface area contributed by atoms with Crippen LogP contribution >= 0.6 is 24.8 Å². The standard InChI is InChI=1S/C22H29N5O2.2ClH/c1-12(2)27-21-19(11-24-27)18(22(28)25-16-7-5-15(23)6-8-16)10-20(26-21)17-9-13(3)29-14(17)4;;/h9-12,15-16H,5-8,23H2,1-4H3,(H,25,28);2*1H. The molecule has 0 atom stereocenters. The summed E-state index contributed by atoms with van der Waals surface area (Å²) in [6, 6.07) is 4.36. The maximum atomic E-state index is 13.2. The van der Waals surface area contributed by atoms with Crippen molar-refractivity contribution in [2.45, 2.75) is 71.5 Å². The van der Waals surface area contributed by atoms with E-state index in [-0.39, 0.29) is 48.8 Å². The first kappa shape index (κ1) is 25.2. The lowest BCUT2D eigenvalue weighted by Gasteiger charge is -2.27. The molecular weight excluding hydrogens is 437 g/mol. The fourth-order valence-electron chi connectivity index (χ4n) is 4.13. The van der Waals surface area contributed by atoms with E-state index in [1.807, 2.05) is 30.7 Å². The fourth-order valence-corrected chi connectivity index (χ4v) is 4.13. The molecule has 0 unspecified atom stereocenters. The second-order valence-corrected chi connectivity index (χ2v) is 8.39. The topological polar surface area (TPSA) is 99.0 Å². The van der Waals surface area contributed by atoms with Gasteiger partial charge in [-0.15, -0.1) is 24.8 Å². The third kappa shape index (κ3) is 5.05. The van der Waals surface area contributed by atoms with Crippen molar-refractivity contribution in [3.05, 3.63) is 35.4 Å². The van der Waals surface area contributed by atoms with Crippen molar-refractivity contribution in [3.8, 4) is 11.3 Å². The number of nitrogens with one attached hydrogen (secondary N) is 1. The maximum Gasteiger partial charge on any atom is 0.252 e. The van der Waals surface area contributed by atoms with Gasteiger partial charge in [-0.25, -0.2) is 9.67 Å². The van der Waals surface area contributed by atoms with Crippen LogP contribution in [0.4, 0.5) is 0 Å². The Balaban J connectivity index is 0.00000171. The number of pyridine rings is 1. The molecule has 0 radical (unpaired) electrons. The molecule has 0 aromatic carbocycles. The number of amides is 1. The largest absolute Gasteiger partial charge is 0.466 e. The van der Waals surface area contributed by atoms with Gasteiger partial charge in [0.1, 0.15) is 11.5 Å². The van der Waals surface area contributed by atoms with Gasteiger partial charge in [-0.3, -0.25) is 4.79 Å². The summed E-state index contributed by atoms with van der Waals surface area (Å²) in [5.41, 5.74) is 8.95. The zero-order chi connectivity index (χ0) is 20.7. The molecule has 1 aliphatic carbocycles. The summed E-state index contributed by atoms with van der Waals surface area (Å²) in [4.78, 5) is 18.1. The number of carbonyl (C=O) groups excluding carboxylic acids is 1. The van der Waals surface area contributed by atoms with Gasteiger partial charge in [-0.2, -0.15) is 5.10 Å². The van der Waals surface area contributed by atoms with Gasteiger partial charge in [0.15, 0.2) is 5.65 Å². The summed E-state index contributed by atoms with van der Waals surface area (Å²) < 4.78 is 7.56. The molecule has 31 heavy (non-hydrogen) atoms. The van der Waals surface area contributed by atoms with Gasteiger partial charge in [0.25, 0.3) is 5.91 Å². The number of nitrogens with zero attached hydrogens (tertiary/aromatic N) is 3. The van der Waals surface area contributed by atoms with E-state index in [4.69, 9.17) is 15.1 Å². The fraction of sp³-hybridized carbons (Fsp3) is 0.500. The van der Waals surface area contributed by atoms with Crippen molar-refractivity contribution in [1.29, 1.82) is 0 Å². The highest BCUT2D eigenvalue weighted by Gasteiger charge is 2.24. The lowest BCUT2D eigenvalue weighted by Crippen LogP contribution is -2.40. The lowest BCUT2D eigenvalue weighted by molar-refractivity contribution is 0.0927. The average molecular weight is 468 g/mol. The zero-order valence-electron chi connectivity index (χ0n) is 18.3. The Morgan fingerprint density at radius 2 is 1.87 bits per heavy atom. The van der Waals surface area contributed by atoms with Crippen LogP contribution in [0.25, 0.3) is 22.3 Å². The van der Waals surface area contributed by atoms with Crippen LogP contribution in [0.15, 0.2) is 22.7 Å². The SMILES string of the molecule is Cc1cc(-c2cc(C(=O)NC3CCC(N)CC3)c3cnn(C(C)C)c3n2)c(C)o1.Cl.Cl. The Morgan fingerprint density at radius 1 is 1.19 bits per heavy atom. The molecular formula is C22H31Cl2N5O2. The first-order chi connectivity index (χ1) is 13.8. The number of hydrogen-bond acceptors (Lipinski definition) is 5. The Bertz CT molecular complexity index is 1050. The minimum atomic E-state index is -0.0831. The van der Waals surface area contributed by atoms with Crippen molar-refractivity contribution in [1.82, 2.24) is 20.1 Å².